The van der Waals surface area contributed by atoms with Gasteiger partial charge in [0.1, 0.15) is 5.78 Å². The van der Waals surface area contributed by atoms with Crippen LogP contribution in [-0.4, -0.2) is 5.78 Å². The Balaban J connectivity index is 2.45. The zero-order valence-corrected chi connectivity index (χ0v) is 10.8. The van der Waals surface area contributed by atoms with E-state index in [0.29, 0.717) is 11.2 Å². The lowest BCUT2D eigenvalue weighted by Gasteiger charge is -2.43. The van der Waals surface area contributed by atoms with Crippen LogP contribution in [0.3, 0.4) is 0 Å². The molecule has 0 N–H and O–H groups in total. The van der Waals surface area contributed by atoms with E-state index < -0.39 is 0 Å². The van der Waals surface area contributed by atoms with Crippen molar-refractivity contribution in [3.05, 3.63) is 0 Å². The molecule has 0 amide bonds. The molecule has 1 fully saturated rings. The minimum absolute atomic E-state index is 0.344. The maximum Gasteiger partial charge on any atom is 0.129 e. The Labute approximate surface area is 94.6 Å². The van der Waals surface area contributed by atoms with Crippen molar-refractivity contribution >= 4 is 5.78 Å². The predicted octanol–water partition coefficient (Wildman–Crippen LogP) is 4.21. The molecule has 0 aromatic carbocycles. The Kier molecular flexibility index (Phi) is 4.36. The first kappa shape index (κ1) is 12.7. The van der Waals surface area contributed by atoms with Crippen LogP contribution in [0.1, 0.15) is 66.2 Å². The van der Waals surface area contributed by atoms with Crippen LogP contribution in [0.25, 0.3) is 0 Å². The minimum atomic E-state index is 0.344. The molecule has 1 aliphatic rings. The van der Waals surface area contributed by atoms with Gasteiger partial charge in [0.2, 0.25) is 0 Å². The van der Waals surface area contributed by atoms with E-state index in [1.54, 1.807) is 6.92 Å². The molecule has 0 saturated heterocycles. The first-order chi connectivity index (χ1) is 6.93. The number of rotatable bonds is 4. The highest BCUT2D eigenvalue weighted by atomic mass is 16.1. The molecular formula is C14H26O. The van der Waals surface area contributed by atoms with Gasteiger partial charge in [-0.2, -0.15) is 0 Å². The van der Waals surface area contributed by atoms with Crippen LogP contribution in [0.2, 0.25) is 0 Å². The van der Waals surface area contributed by atoms with Crippen molar-refractivity contribution in [1.29, 1.82) is 0 Å². The van der Waals surface area contributed by atoms with E-state index in [1.807, 2.05) is 0 Å². The van der Waals surface area contributed by atoms with Gasteiger partial charge in [0.25, 0.3) is 0 Å². The number of hydrogen-bond donors (Lipinski definition) is 0. The van der Waals surface area contributed by atoms with Crippen LogP contribution in [0.5, 0.6) is 0 Å². The number of carbonyl (C=O) groups excluding carboxylic acids is 1. The highest BCUT2D eigenvalue weighted by Gasteiger charge is 2.35. The molecule has 0 bridgehead atoms. The number of carbonyl (C=O) groups is 1. The Bertz CT molecular complexity index is 217. The zero-order valence-electron chi connectivity index (χ0n) is 10.8. The summed E-state index contributed by atoms with van der Waals surface area (Å²) in [6.07, 6.45) is 7.24. The highest BCUT2D eigenvalue weighted by molar-refractivity contribution is 5.75. The van der Waals surface area contributed by atoms with Gasteiger partial charge in [0, 0.05) is 6.42 Å². The topological polar surface area (TPSA) is 17.1 Å². The van der Waals surface area contributed by atoms with E-state index >= 15 is 0 Å². The Morgan fingerprint density at radius 3 is 2.60 bits per heavy atom. The van der Waals surface area contributed by atoms with Crippen molar-refractivity contribution in [3.8, 4) is 0 Å². The summed E-state index contributed by atoms with van der Waals surface area (Å²) in [5, 5.41) is 0. The Morgan fingerprint density at radius 1 is 1.40 bits per heavy atom. The van der Waals surface area contributed by atoms with Gasteiger partial charge in [-0.05, 0) is 43.4 Å². The average Bonchev–Trinajstić information content (AvgIpc) is 2.09. The molecule has 1 aliphatic carbocycles. The standard InChI is InChI=1S/C14H26O/c1-11-7-6-10-14(3,4)13(11)9-5-8-12(2)15/h11,13H,5-10H2,1-4H3. The van der Waals surface area contributed by atoms with Crippen molar-refractivity contribution in [2.24, 2.45) is 17.3 Å². The lowest BCUT2D eigenvalue weighted by atomic mass is 9.62. The van der Waals surface area contributed by atoms with Gasteiger partial charge in [0.15, 0.2) is 0 Å². The van der Waals surface area contributed by atoms with Crippen molar-refractivity contribution in [2.75, 3.05) is 0 Å². The number of ketones is 1. The first-order valence-corrected chi connectivity index (χ1v) is 6.43. The molecule has 1 nitrogen and oxygen atoms in total. The molecule has 1 rings (SSSR count). The van der Waals surface area contributed by atoms with Gasteiger partial charge >= 0.3 is 0 Å². The third-order valence-corrected chi connectivity index (χ3v) is 4.22. The molecule has 2 atom stereocenters. The van der Waals surface area contributed by atoms with Crippen LogP contribution in [0, 0.1) is 17.3 Å². The van der Waals surface area contributed by atoms with E-state index in [9.17, 15) is 4.79 Å². The summed E-state index contributed by atoms with van der Waals surface area (Å²) in [4.78, 5) is 10.9. The molecule has 0 radical (unpaired) electrons. The van der Waals surface area contributed by atoms with Crippen molar-refractivity contribution in [3.63, 3.8) is 0 Å². The Morgan fingerprint density at radius 2 is 2.07 bits per heavy atom. The first-order valence-electron chi connectivity index (χ1n) is 6.43. The van der Waals surface area contributed by atoms with Gasteiger partial charge in [-0.15, -0.1) is 0 Å². The molecule has 15 heavy (non-hydrogen) atoms. The third-order valence-electron chi connectivity index (χ3n) is 4.22. The molecule has 0 spiro atoms. The van der Waals surface area contributed by atoms with Crippen LogP contribution < -0.4 is 0 Å². The second-order valence-corrected chi connectivity index (χ2v) is 6.06. The fourth-order valence-corrected chi connectivity index (χ4v) is 3.28. The normalized spacial score (nSPS) is 30.1. The minimum Gasteiger partial charge on any atom is -0.300 e. The van der Waals surface area contributed by atoms with Crippen molar-refractivity contribution in [1.82, 2.24) is 0 Å². The average molecular weight is 210 g/mol. The van der Waals surface area contributed by atoms with E-state index in [0.717, 1.165) is 24.7 Å². The summed E-state index contributed by atoms with van der Waals surface area (Å²) in [5.41, 5.74) is 0.494. The van der Waals surface area contributed by atoms with Crippen LogP contribution >= 0.6 is 0 Å². The van der Waals surface area contributed by atoms with E-state index in [4.69, 9.17) is 0 Å². The highest BCUT2D eigenvalue weighted by Crippen LogP contribution is 2.46. The van der Waals surface area contributed by atoms with Gasteiger partial charge in [-0.1, -0.05) is 33.6 Å². The molecule has 0 aromatic rings. The summed E-state index contributed by atoms with van der Waals surface area (Å²) < 4.78 is 0. The molecule has 88 valence electrons. The fourth-order valence-electron chi connectivity index (χ4n) is 3.28. The van der Waals surface area contributed by atoms with E-state index in [-0.39, 0.29) is 0 Å². The van der Waals surface area contributed by atoms with Crippen molar-refractivity contribution < 1.29 is 4.79 Å². The second kappa shape index (κ2) is 5.14. The molecule has 0 aromatic heterocycles. The van der Waals surface area contributed by atoms with Gasteiger partial charge in [-0.3, -0.25) is 0 Å². The van der Waals surface area contributed by atoms with E-state index in [1.165, 1.54) is 25.7 Å². The third kappa shape index (κ3) is 3.62. The monoisotopic (exact) mass is 210 g/mol. The van der Waals surface area contributed by atoms with Gasteiger partial charge in [0.05, 0.1) is 0 Å². The quantitative estimate of drug-likeness (QED) is 0.679. The van der Waals surface area contributed by atoms with Crippen LogP contribution in [0.15, 0.2) is 0 Å². The predicted molar refractivity (Wildman–Crippen MR) is 64.8 cm³/mol. The summed E-state index contributed by atoms with van der Waals surface area (Å²) in [6.45, 7) is 8.90. The molecule has 0 heterocycles. The Hall–Kier alpha value is -0.330. The van der Waals surface area contributed by atoms with Gasteiger partial charge in [-0.25, -0.2) is 0 Å². The summed E-state index contributed by atoms with van der Waals surface area (Å²) in [7, 11) is 0. The summed E-state index contributed by atoms with van der Waals surface area (Å²) >= 11 is 0. The maximum absolute atomic E-state index is 10.9. The zero-order chi connectivity index (χ0) is 11.5. The number of hydrogen-bond acceptors (Lipinski definition) is 1. The molecule has 1 heteroatoms. The lowest BCUT2D eigenvalue weighted by Crippen LogP contribution is -2.33. The molecule has 1 saturated carbocycles. The molecular weight excluding hydrogens is 184 g/mol. The van der Waals surface area contributed by atoms with Crippen LogP contribution in [-0.2, 0) is 4.79 Å². The fraction of sp³-hybridized carbons (Fsp3) is 0.929. The summed E-state index contributed by atoms with van der Waals surface area (Å²) in [6, 6.07) is 0. The molecule has 0 aliphatic heterocycles. The smallest absolute Gasteiger partial charge is 0.129 e. The molecule has 2 unspecified atom stereocenters. The maximum atomic E-state index is 10.9. The SMILES string of the molecule is CC(=O)CCCC1C(C)CCCC1(C)C. The second-order valence-electron chi connectivity index (χ2n) is 6.06. The number of Topliss-reactive ketones (excluding diaryl/α,β-unsaturated/α-hetero) is 1. The van der Waals surface area contributed by atoms with Gasteiger partial charge < -0.3 is 4.79 Å². The summed E-state index contributed by atoms with van der Waals surface area (Å²) in [5.74, 6) is 2.02. The lowest BCUT2D eigenvalue weighted by molar-refractivity contribution is -0.117. The van der Waals surface area contributed by atoms with E-state index in [2.05, 4.69) is 20.8 Å². The van der Waals surface area contributed by atoms with Crippen LogP contribution in [0.4, 0.5) is 0 Å². The largest absolute Gasteiger partial charge is 0.300 e. The van der Waals surface area contributed by atoms with Crippen molar-refractivity contribution in [2.45, 2.75) is 66.2 Å².